The van der Waals surface area contributed by atoms with E-state index < -0.39 is 32.5 Å². The van der Waals surface area contributed by atoms with Crippen molar-refractivity contribution in [3.63, 3.8) is 0 Å². The van der Waals surface area contributed by atoms with Gasteiger partial charge in [-0.25, -0.2) is 27.5 Å². The van der Waals surface area contributed by atoms with E-state index >= 15 is 0 Å². The molecule has 1 heterocycles. The number of carbonyl (C=O) groups is 1. The maximum atomic E-state index is 14.5. The van der Waals surface area contributed by atoms with Gasteiger partial charge >= 0.3 is 11.7 Å². The molecule has 0 saturated heterocycles. The van der Waals surface area contributed by atoms with Crippen LogP contribution in [-0.2, 0) is 16.4 Å². The SMILES string of the molecule is Cc1c(Cc2cc(S(N)(=O)=O)c(Cl)cc2F)c(=O)oc2cc(OC(=O)N(C)C)c(Cl)cc12. The molecule has 1 aromatic heterocycles. The summed E-state index contributed by atoms with van der Waals surface area (Å²) in [5.74, 6) is -0.819. The highest BCUT2D eigenvalue weighted by Gasteiger charge is 2.21. The van der Waals surface area contributed by atoms with Gasteiger partial charge in [-0.15, -0.1) is 0 Å². The molecule has 12 heteroatoms. The summed E-state index contributed by atoms with van der Waals surface area (Å²) in [6.07, 6.45) is -0.962. The third-order valence-corrected chi connectivity index (χ3v) is 6.35. The van der Waals surface area contributed by atoms with Crippen LogP contribution in [0.1, 0.15) is 16.7 Å². The highest BCUT2D eigenvalue weighted by atomic mass is 35.5. The second-order valence-corrected chi connectivity index (χ2v) is 9.47. The Bertz CT molecular complexity index is 1420. The first-order chi connectivity index (χ1) is 14.8. The average molecular weight is 503 g/mol. The first-order valence-electron chi connectivity index (χ1n) is 8.95. The summed E-state index contributed by atoms with van der Waals surface area (Å²) >= 11 is 12.0. The van der Waals surface area contributed by atoms with Gasteiger partial charge in [0.05, 0.1) is 10.0 Å². The van der Waals surface area contributed by atoms with Crippen LogP contribution in [0.3, 0.4) is 0 Å². The zero-order valence-electron chi connectivity index (χ0n) is 17.0. The molecule has 0 aliphatic heterocycles. The maximum absolute atomic E-state index is 14.5. The van der Waals surface area contributed by atoms with Crippen molar-refractivity contribution in [1.29, 1.82) is 0 Å². The second kappa shape index (κ2) is 8.70. The molecule has 2 N–H and O–H groups in total. The molecule has 170 valence electrons. The molecule has 0 bridgehead atoms. The minimum atomic E-state index is -4.21. The molecule has 0 fully saturated rings. The molecule has 3 aromatic rings. The monoisotopic (exact) mass is 502 g/mol. The molecular weight excluding hydrogens is 486 g/mol. The highest BCUT2D eigenvalue weighted by Crippen LogP contribution is 2.33. The number of sulfonamides is 1. The van der Waals surface area contributed by atoms with Crippen LogP contribution in [0.15, 0.2) is 38.4 Å². The Morgan fingerprint density at radius 1 is 1.19 bits per heavy atom. The van der Waals surface area contributed by atoms with Gasteiger partial charge in [-0.3, -0.25) is 0 Å². The molecule has 0 aliphatic carbocycles. The predicted molar refractivity (Wildman–Crippen MR) is 118 cm³/mol. The van der Waals surface area contributed by atoms with Crippen molar-refractivity contribution >= 4 is 50.3 Å². The fourth-order valence-electron chi connectivity index (χ4n) is 2.97. The number of carbonyl (C=O) groups excluding carboxylic acids is 1. The standard InChI is InChI=1S/C20H17Cl2FN2O6S/c1-9-11-6-13(21)17(31-20(27)25(2)3)8-16(11)30-19(26)12(9)4-10-5-18(32(24,28)29)14(22)7-15(10)23/h5-8H,4H2,1-3H3,(H2,24,28,29). The summed E-state index contributed by atoms with van der Waals surface area (Å²) in [5, 5.41) is 5.26. The number of benzene rings is 2. The Balaban J connectivity index is 2.12. The predicted octanol–water partition coefficient (Wildman–Crippen LogP) is 3.85. The van der Waals surface area contributed by atoms with Gasteiger partial charge in [-0.2, -0.15) is 0 Å². The normalized spacial score (nSPS) is 11.6. The summed E-state index contributed by atoms with van der Waals surface area (Å²) in [7, 11) is -1.23. The van der Waals surface area contributed by atoms with Gasteiger partial charge < -0.3 is 14.1 Å². The number of amides is 1. The molecule has 0 aliphatic rings. The van der Waals surface area contributed by atoms with E-state index in [0.717, 1.165) is 12.1 Å². The van der Waals surface area contributed by atoms with Crippen molar-refractivity contribution in [1.82, 2.24) is 4.90 Å². The quantitative estimate of drug-likeness (QED) is 0.541. The lowest BCUT2D eigenvalue weighted by atomic mass is 9.99. The van der Waals surface area contributed by atoms with Crippen LogP contribution in [0.4, 0.5) is 9.18 Å². The van der Waals surface area contributed by atoms with Gasteiger partial charge in [0.2, 0.25) is 10.0 Å². The molecule has 3 rings (SSSR count). The van der Waals surface area contributed by atoms with Crippen molar-refractivity contribution in [3.8, 4) is 5.75 Å². The van der Waals surface area contributed by atoms with E-state index in [1.807, 2.05) is 0 Å². The van der Waals surface area contributed by atoms with Gasteiger partial charge in [0.25, 0.3) is 0 Å². The molecule has 1 amide bonds. The summed E-state index contributed by atoms with van der Waals surface area (Å²) in [4.78, 5) is 25.2. The number of rotatable bonds is 4. The van der Waals surface area contributed by atoms with Crippen LogP contribution in [0.2, 0.25) is 10.0 Å². The van der Waals surface area contributed by atoms with Crippen LogP contribution >= 0.6 is 23.2 Å². The minimum Gasteiger partial charge on any atom is -0.422 e. The largest absolute Gasteiger partial charge is 0.422 e. The first-order valence-corrected chi connectivity index (χ1v) is 11.3. The zero-order chi connectivity index (χ0) is 24.0. The number of hydrogen-bond donors (Lipinski definition) is 1. The number of fused-ring (bicyclic) bond motifs is 1. The van der Waals surface area contributed by atoms with Gasteiger partial charge in [0.1, 0.15) is 16.3 Å². The fourth-order valence-corrected chi connectivity index (χ4v) is 4.29. The van der Waals surface area contributed by atoms with E-state index in [2.05, 4.69) is 0 Å². The van der Waals surface area contributed by atoms with Gasteiger partial charge in [-0.05, 0) is 36.2 Å². The Hall–Kier alpha value is -2.66. The van der Waals surface area contributed by atoms with Gasteiger partial charge in [0.15, 0.2) is 5.75 Å². The third kappa shape index (κ3) is 4.73. The van der Waals surface area contributed by atoms with Crippen LogP contribution in [-0.4, -0.2) is 33.5 Å². The average Bonchev–Trinajstić information content (AvgIpc) is 2.67. The molecule has 2 aromatic carbocycles. The third-order valence-electron chi connectivity index (χ3n) is 4.68. The fraction of sp³-hybridized carbons (Fsp3) is 0.200. The summed E-state index contributed by atoms with van der Waals surface area (Å²) < 4.78 is 48.4. The Morgan fingerprint density at radius 2 is 1.84 bits per heavy atom. The van der Waals surface area contributed by atoms with Crippen molar-refractivity contribution in [2.24, 2.45) is 5.14 Å². The van der Waals surface area contributed by atoms with E-state index in [1.165, 1.54) is 31.1 Å². The number of nitrogens with zero attached hydrogens (tertiary/aromatic N) is 1. The van der Waals surface area contributed by atoms with E-state index in [4.69, 9.17) is 37.5 Å². The molecule has 0 atom stereocenters. The lowest BCUT2D eigenvalue weighted by Gasteiger charge is -2.14. The minimum absolute atomic E-state index is 0.00490. The Kier molecular flexibility index (Phi) is 6.52. The van der Waals surface area contributed by atoms with E-state index in [-0.39, 0.29) is 38.9 Å². The lowest BCUT2D eigenvalue weighted by Crippen LogP contribution is -2.25. The van der Waals surface area contributed by atoms with Crippen LogP contribution in [0, 0.1) is 12.7 Å². The number of halogens is 3. The number of hydrogen-bond acceptors (Lipinski definition) is 6. The Morgan fingerprint density at radius 3 is 2.44 bits per heavy atom. The molecule has 32 heavy (non-hydrogen) atoms. The van der Waals surface area contributed by atoms with Crippen molar-refractivity contribution in [2.45, 2.75) is 18.2 Å². The van der Waals surface area contributed by atoms with E-state index in [1.54, 1.807) is 6.92 Å². The molecule has 0 saturated carbocycles. The van der Waals surface area contributed by atoms with Crippen LogP contribution in [0.5, 0.6) is 5.75 Å². The van der Waals surface area contributed by atoms with Crippen molar-refractivity contribution in [2.75, 3.05) is 14.1 Å². The van der Waals surface area contributed by atoms with Crippen molar-refractivity contribution in [3.05, 3.63) is 67.2 Å². The molecule has 0 spiro atoms. The summed E-state index contributed by atoms with van der Waals surface area (Å²) in [6, 6.07) is 4.55. The smallest absolute Gasteiger partial charge is 0.414 e. The Labute approximate surface area is 192 Å². The number of primary sulfonamides is 1. The first kappa shape index (κ1) is 24.0. The number of nitrogens with two attached hydrogens (primary N) is 1. The van der Waals surface area contributed by atoms with Gasteiger partial charge in [0, 0.05) is 37.5 Å². The summed E-state index contributed by atoms with van der Waals surface area (Å²) in [5.41, 5.74) is -0.295. The molecule has 0 unspecified atom stereocenters. The van der Waals surface area contributed by atoms with E-state index in [0.29, 0.717) is 10.9 Å². The topological polar surface area (TPSA) is 120 Å². The van der Waals surface area contributed by atoms with Crippen LogP contribution in [0.25, 0.3) is 11.0 Å². The molecule has 0 radical (unpaired) electrons. The lowest BCUT2D eigenvalue weighted by molar-refractivity contribution is 0.172. The zero-order valence-corrected chi connectivity index (χ0v) is 19.4. The summed E-state index contributed by atoms with van der Waals surface area (Å²) in [6.45, 7) is 1.60. The van der Waals surface area contributed by atoms with E-state index in [9.17, 15) is 22.4 Å². The second-order valence-electron chi connectivity index (χ2n) is 7.13. The highest BCUT2D eigenvalue weighted by molar-refractivity contribution is 7.89. The van der Waals surface area contributed by atoms with Gasteiger partial charge in [-0.1, -0.05) is 23.2 Å². The van der Waals surface area contributed by atoms with Crippen molar-refractivity contribution < 1.29 is 26.8 Å². The maximum Gasteiger partial charge on any atom is 0.414 e. The number of ether oxygens (including phenoxy) is 1. The molecular formula is C20H17Cl2FN2O6S. The van der Waals surface area contributed by atoms with Crippen LogP contribution < -0.4 is 15.5 Å². The number of aryl methyl sites for hydroxylation is 1. The molecule has 8 nitrogen and oxygen atoms in total.